The predicted octanol–water partition coefficient (Wildman–Crippen LogP) is 20.5. The van der Waals surface area contributed by atoms with Crippen LogP contribution in [-0.2, 0) is 65.4 Å². The fourth-order valence-electron chi connectivity index (χ4n) is 10.8. The van der Waals surface area contributed by atoms with Gasteiger partial charge in [0.2, 0.25) is 0 Å². The van der Waals surface area contributed by atoms with Gasteiger partial charge < -0.3 is 33.8 Å². The molecule has 6 atom stereocenters. The molecule has 0 aromatic heterocycles. The zero-order valence-corrected chi connectivity index (χ0v) is 60.1. The summed E-state index contributed by atoms with van der Waals surface area (Å²) < 4.78 is 68.0. The molecule has 0 saturated heterocycles. The molecule has 0 aromatic carbocycles. The number of aliphatic hydroxyl groups is 1. The van der Waals surface area contributed by atoms with Gasteiger partial charge in [-0.15, -0.1) is 0 Å². The van der Waals surface area contributed by atoms with Crippen LogP contribution in [0.5, 0.6) is 0 Å². The van der Waals surface area contributed by atoms with Crippen molar-refractivity contribution in [2.45, 2.75) is 387 Å². The molecule has 0 saturated carbocycles. The molecule has 0 rings (SSSR count). The molecular formula is C71H138O17P2. The van der Waals surface area contributed by atoms with Gasteiger partial charge in [-0.2, -0.15) is 0 Å². The van der Waals surface area contributed by atoms with Gasteiger partial charge >= 0.3 is 39.5 Å². The maximum atomic E-state index is 13.0. The molecule has 0 radical (unpaired) electrons. The molecule has 0 aliphatic heterocycles. The van der Waals surface area contributed by atoms with E-state index in [0.29, 0.717) is 25.7 Å². The highest BCUT2D eigenvalue weighted by Crippen LogP contribution is 2.45. The molecule has 0 aliphatic carbocycles. The second kappa shape index (κ2) is 64.4. The average molecular weight is 1330 g/mol. The molecule has 19 heteroatoms. The van der Waals surface area contributed by atoms with Crippen LogP contribution in [-0.4, -0.2) is 96.7 Å². The van der Waals surface area contributed by atoms with Crippen molar-refractivity contribution in [3.8, 4) is 0 Å². The zero-order chi connectivity index (χ0) is 66.3. The van der Waals surface area contributed by atoms with E-state index in [-0.39, 0.29) is 25.7 Å². The number of rotatable bonds is 71. The summed E-state index contributed by atoms with van der Waals surface area (Å²) in [5, 5.41) is 10.5. The Morgan fingerprint density at radius 1 is 0.311 bits per heavy atom. The van der Waals surface area contributed by atoms with Crippen LogP contribution in [0.3, 0.4) is 0 Å². The summed E-state index contributed by atoms with van der Waals surface area (Å²) in [7, 11) is -9.88. The van der Waals surface area contributed by atoms with Crippen LogP contribution in [0.15, 0.2) is 0 Å². The van der Waals surface area contributed by atoms with E-state index in [1.807, 2.05) is 0 Å². The third-order valence-corrected chi connectivity index (χ3v) is 18.8. The monoisotopic (exact) mass is 1320 g/mol. The molecular weight excluding hydrogens is 1190 g/mol. The van der Waals surface area contributed by atoms with Gasteiger partial charge in [-0.05, 0) is 31.6 Å². The predicted molar refractivity (Wildman–Crippen MR) is 363 cm³/mol. The van der Waals surface area contributed by atoms with E-state index >= 15 is 0 Å². The van der Waals surface area contributed by atoms with Crippen LogP contribution in [0.2, 0.25) is 0 Å². The van der Waals surface area contributed by atoms with Gasteiger partial charge in [0.15, 0.2) is 12.2 Å². The molecule has 534 valence electrons. The van der Waals surface area contributed by atoms with E-state index in [9.17, 15) is 43.2 Å². The van der Waals surface area contributed by atoms with Crippen molar-refractivity contribution >= 4 is 39.5 Å². The fraction of sp³-hybridized carbons (Fsp3) is 0.944. The number of phosphoric acid groups is 2. The lowest BCUT2D eigenvalue weighted by molar-refractivity contribution is -0.161. The van der Waals surface area contributed by atoms with Gasteiger partial charge in [-0.25, -0.2) is 9.13 Å². The van der Waals surface area contributed by atoms with E-state index in [1.54, 1.807) is 0 Å². The minimum atomic E-state index is -4.95. The van der Waals surface area contributed by atoms with E-state index < -0.39 is 97.5 Å². The molecule has 0 heterocycles. The number of aliphatic hydroxyl groups excluding tert-OH is 1. The smallest absolute Gasteiger partial charge is 0.462 e. The molecule has 0 fully saturated rings. The number of carbonyl (C=O) groups excluding carboxylic acids is 4. The molecule has 17 nitrogen and oxygen atoms in total. The number of hydrogen-bond donors (Lipinski definition) is 3. The Morgan fingerprint density at radius 2 is 0.533 bits per heavy atom. The molecule has 0 aromatic rings. The van der Waals surface area contributed by atoms with Gasteiger partial charge in [-0.3, -0.25) is 37.3 Å². The van der Waals surface area contributed by atoms with Crippen molar-refractivity contribution in [1.82, 2.24) is 0 Å². The summed E-state index contributed by atoms with van der Waals surface area (Å²) in [6.45, 7) is 7.19. The lowest BCUT2D eigenvalue weighted by Crippen LogP contribution is -2.30. The number of phosphoric ester groups is 2. The summed E-state index contributed by atoms with van der Waals surface area (Å²) in [4.78, 5) is 72.2. The lowest BCUT2D eigenvalue weighted by atomic mass is 9.99. The van der Waals surface area contributed by atoms with Gasteiger partial charge in [0.1, 0.15) is 19.3 Å². The summed E-state index contributed by atoms with van der Waals surface area (Å²) in [6.07, 6.45) is 51.9. The number of hydrogen-bond acceptors (Lipinski definition) is 15. The molecule has 0 spiro atoms. The normalized spacial score (nSPS) is 14.4. The van der Waals surface area contributed by atoms with Gasteiger partial charge in [0.25, 0.3) is 0 Å². The Balaban J connectivity index is 5.11. The third kappa shape index (κ3) is 63.5. The van der Waals surface area contributed by atoms with E-state index in [1.165, 1.54) is 180 Å². The maximum absolute atomic E-state index is 13.0. The minimum Gasteiger partial charge on any atom is -0.462 e. The minimum absolute atomic E-state index is 0.104. The van der Waals surface area contributed by atoms with Crippen molar-refractivity contribution in [3.63, 3.8) is 0 Å². The van der Waals surface area contributed by atoms with Crippen molar-refractivity contribution in [3.05, 3.63) is 0 Å². The topological polar surface area (TPSA) is 237 Å². The molecule has 90 heavy (non-hydrogen) atoms. The van der Waals surface area contributed by atoms with Gasteiger partial charge in [-0.1, -0.05) is 317 Å². The van der Waals surface area contributed by atoms with Crippen molar-refractivity contribution in [2.24, 2.45) is 5.92 Å². The number of unbranched alkanes of at least 4 members (excludes halogenated alkanes) is 42. The van der Waals surface area contributed by atoms with Crippen molar-refractivity contribution in [2.75, 3.05) is 39.6 Å². The zero-order valence-electron chi connectivity index (χ0n) is 58.3. The maximum Gasteiger partial charge on any atom is 0.472 e. The second-order valence-corrected chi connectivity index (χ2v) is 28.8. The highest BCUT2D eigenvalue weighted by molar-refractivity contribution is 7.47. The van der Waals surface area contributed by atoms with E-state index in [0.717, 1.165) is 109 Å². The molecule has 0 amide bonds. The number of carbonyl (C=O) groups is 4. The highest BCUT2D eigenvalue weighted by Gasteiger charge is 2.30. The van der Waals surface area contributed by atoms with Gasteiger partial charge in [0, 0.05) is 25.7 Å². The largest absolute Gasteiger partial charge is 0.472 e. The third-order valence-electron chi connectivity index (χ3n) is 16.9. The highest BCUT2D eigenvalue weighted by atomic mass is 31.2. The average Bonchev–Trinajstić information content (AvgIpc) is 3.55. The molecule has 3 N–H and O–H groups in total. The molecule has 3 unspecified atom stereocenters. The Morgan fingerprint density at radius 3 is 0.789 bits per heavy atom. The Hall–Kier alpha value is -1.94. The standard InChI is InChI=1S/C71H138O17P2/c1-6-10-13-16-18-20-21-22-23-24-25-26-27-32-35-38-42-47-52-57-71(76)88-67(61-82-69(74)55-50-45-41-37-34-31-29-28-30-33-36-39-44-48-53-64(5)9-4)63-86-90(79,80)84-59-65(72)58-83-89(77,78)85-62-66(60-81-68(73)54-49-43-15-12-8-3)87-70(75)56-51-46-40-19-17-14-11-7-2/h64-67,72H,6-63H2,1-5H3,(H,77,78)(H,79,80)/t64?,65-,66+,67+/m0/s1. The van der Waals surface area contributed by atoms with Gasteiger partial charge in [0.05, 0.1) is 26.4 Å². The Bertz CT molecular complexity index is 1740. The van der Waals surface area contributed by atoms with Crippen LogP contribution >= 0.6 is 15.6 Å². The molecule has 0 aliphatic rings. The van der Waals surface area contributed by atoms with E-state index in [4.69, 9.17) is 37.0 Å². The fourth-order valence-corrected chi connectivity index (χ4v) is 12.4. The van der Waals surface area contributed by atoms with Crippen LogP contribution in [0.25, 0.3) is 0 Å². The first-order chi connectivity index (χ1) is 43.6. The number of ether oxygens (including phenoxy) is 4. The summed E-state index contributed by atoms with van der Waals surface area (Å²) >= 11 is 0. The summed E-state index contributed by atoms with van der Waals surface area (Å²) in [6, 6.07) is 0. The Kier molecular flexibility index (Phi) is 63.0. The Labute approximate surface area is 549 Å². The quantitative estimate of drug-likeness (QED) is 0.0222. The lowest BCUT2D eigenvalue weighted by Gasteiger charge is -2.21. The molecule has 0 bridgehead atoms. The van der Waals surface area contributed by atoms with E-state index in [2.05, 4.69) is 34.6 Å². The first-order valence-electron chi connectivity index (χ1n) is 37.2. The second-order valence-electron chi connectivity index (χ2n) is 25.9. The first kappa shape index (κ1) is 88.1. The van der Waals surface area contributed by atoms with Crippen LogP contribution in [0.4, 0.5) is 0 Å². The van der Waals surface area contributed by atoms with Crippen molar-refractivity contribution < 1.29 is 80.2 Å². The van der Waals surface area contributed by atoms with Crippen molar-refractivity contribution in [1.29, 1.82) is 0 Å². The van der Waals surface area contributed by atoms with Crippen LogP contribution in [0, 0.1) is 5.92 Å². The van der Waals surface area contributed by atoms with Crippen LogP contribution in [0.1, 0.15) is 369 Å². The van der Waals surface area contributed by atoms with Crippen LogP contribution < -0.4 is 0 Å². The SMILES string of the molecule is CCCCCCCCCCCCCCCCCCCCCC(=O)O[C@H](COC(=O)CCCCCCCCCCCCCCCCC(C)CC)COP(=O)(O)OC[C@@H](O)COP(=O)(O)OC[C@@H](COC(=O)CCCCCCC)OC(=O)CCCCCCCCCC. The summed E-state index contributed by atoms with van der Waals surface area (Å²) in [5.41, 5.74) is 0. The summed E-state index contributed by atoms with van der Waals surface area (Å²) in [5.74, 6) is -1.29. The first-order valence-corrected chi connectivity index (χ1v) is 40.2. The number of esters is 4.